The third-order valence-electron chi connectivity index (χ3n) is 3.93. The molecule has 3 aromatic rings. The number of hydrogen-bond acceptors (Lipinski definition) is 2. The average Bonchev–Trinajstić information content (AvgIpc) is 2.57. The summed E-state index contributed by atoms with van der Waals surface area (Å²) >= 11 is 12.4. The van der Waals surface area contributed by atoms with Crippen LogP contribution < -0.4 is 4.90 Å². The van der Waals surface area contributed by atoms with Crippen LogP contribution in [0.2, 0.25) is 10.0 Å². The van der Waals surface area contributed by atoms with Gasteiger partial charge in [0, 0.05) is 30.1 Å². The SMILES string of the molecule is CC(=O)N(CCc1ccccc1Cl)c1ccnc2c(Cl)cccc12. The second-order valence-corrected chi connectivity index (χ2v) is 6.29. The van der Waals surface area contributed by atoms with E-state index < -0.39 is 0 Å². The van der Waals surface area contributed by atoms with Gasteiger partial charge in [0.05, 0.1) is 16.2 Å². The number of carbonyl (C=O) groups excluding carboxylic acids is 1. The van der Waals surface area contributed by atoms with Crippen molar-refractivity contribution >= 4 is 45.7 Å². The van der Waals surface area contributed by atoms with E-state index in [0.717, 1.165) is 16.6 Å². The number of halogens is 2. The molecule has 2 aromatic carbocycles. The zero-order chi connectivity index (χ0) is 17.1. The number of pyridine rings is 1. The van der Waals surface area contributed by atoms with Crippen LogP contribution in [0.3, 0.4) is 0 Å². The Morgan fingerprint density at radius 1 is 1.04 bits per heavy atom. The summed E-state index contributed by atoms with van der Waals surface area (Å²) in [6, 6.07) is 15.1. The molecule has 0 unspecified atom stereocenters. The molecule has 3 rings (SSSR count). The largest absolute Gasteiger partial charge is 0.312 e. The number of rotatable bonds is 4. The quantitative estimate of drug-likeness (QED) is 0.646. The molecule has 0 bridgehead atoms. The summed E-state index contributed by atoms with van der Waals surface area (Å²) in [6.07, 6.45) is 2.35. The maximum Gasteiger partial charge on any atom is 0.223 e. The van der Waals surface area contributed by atoms with Gasteiger partial charge in [0.2, 0.25) is 5.91 Å². The number of nitrogens with zero attached hydrogens (tertiary/aromatic N) is 2. The molecule has 0 atom stereocenters. The molecule has 24 heavy (non-hydrogen) atoms. The van der Waals surface area contributed by atoms with E-state index in [2.05, 4.69) is 4.98 Å². The first-order chi connectivity index (χ1) is 11.6. The molecule has 1 heterocycles. The van der Waals surface area contributed by atoms with Crippen molar-refractivity contribution in [3.05, 3.63) is 70.3 Å². The van der Waals surface area contributed by atoms with Gasteiger partial charge in [-0.2, -0.15) is 0 Å². The minimum atomic E-state index is -0.0328. The Balaban J connectivity index is 1.96. The van der Waals surface area contributed by atoms with Crippen LogP contribution in [0, 0.1) is 0 Å². The molecule has 0 fully saturated rings. The highest BCUT2D eigenvalue weighted by Gasteiger charge is 2.16. The van der Waals surface area contributed by atoms with Crippen LogP contribution in [-0.4, -0.2) is 17.4 Å². The Morgan fingerprint density at radius 2 is 1.79 bits per heavy atom. The summed E-state index contributed by atoms with van der Waals surface area (Å²) in [4.78, 5) is 18.3. The number of anilines is 1. The lowest BCUT2D eigenvalue weighted by molar-refractivity contribution is -0.116. The fourth-order valence-electron chi connectivity index (χ4n) is 2.74. The number of amides is 1. The second-order valence-electron chi connectivity index (χ2n) is 5.48. The molecule has 0 radical (unpaired) electrons. The van der Waals surface area contributed by atoms with Gasteiger partial charge in [-0.1, -0.05) is 53.5 Å². The first-order valence-corrected chi connectivity index (χ1v) is 8.38. The van der Waals surface area contributed by atoms with E-state index in [-0.39, 0.29) is 5.91 Å². The molecule has 0 aliphatic heterocycles. The molecule has 0 spiro atoms. The normalized spacial score (nSPS) is 10.8. The number of aromatic nitrogens is 1. The molecule has 0 saturated carbocycles. The van der Waals surface area contributed by atoms with Gasteiger partial charge >= 0.3 is 0 Å². The molecule has 0 aliphatic carbocycles. The van der Waals surface area contributed by atoms with Crippen molar-refractivity contribution in [2.45, 2.75) is 13.3 Å². The van der Waals surface area contributed by atoms with Crippen molar-refractivity contribution < 1.29 is 4.79 Å². The van der Waals surface area contributed by atoms with Crippen LogP contribution in [-0.2, 0) is 11.2 Å². The van der Waals surface area contributed by atoms with E-state index in [1.807, 2.05) is 42.5 Å². The van der Waals surface area contributed by atoms with E-state index >= 15 is 0 Å². The molecule has 0 aliphatic rings. The number of benzene rings is 2. The van der Waals surface area contributed by atoms with Gasteiger partial charge in [0.1, 0.15) is 0 Å². The van der Waals surface area contributed by atoms with Crippen molar-refractivity contribution in [2.24, 2.45) is 0 Å². The van der Waals surface area contributed by atoms with Gasteiger partial charge in [-0.05, 0) is 30.2 Å². The fraction of sp³-hybridized carbons (Fsp3) is 0.158. The minimum Gasteiger partial charge on any atom is -0.312 e. The van der Waals surface area contributed by atoms with Gasteiger partial charge in [-0.15, -0.1) is 0 Å². The van der Waals surface area contributed by atoms with Crippen molar-refractivity contribution in [1.82, 2.24) is 4.98 Å². The zero-order valence-corrected chi connectivity index (χ0v) is 14.7. The van der Waals surface area contributed by atoms with Gasteiger partial charge in [-0.3, -0.25) is 9.78 Å². The van der Waals surface area contributed by atoms with Crippen molar-refractivity contribution in [3.63, 3.8) is 0 Å². The Labute approximate surface area is 150 Å². The number of hydrogen-bond donors (Lipinski definition) is 0. The zero-order valence-electron chi connectivity index (χ0n) is 13.2. The van der Waals surface area contributed by atoms with Crippen LogP contribution >= 0.6 is 23.2 Å². The third-order valence-corrected chi connectivity index (χ3v) is 4.61. The van der Waals surface area contributed by atoms with Crippen LogP contribution in [0.1, 0.15) is 12.5 Å². The van der Waals surface area contributed by atoms with E-state index in [4.69, 9.17) is 23.2 Å². The Bertz CT molecular complexity index is 895. The summed E-state index contributed by atoms with van der Waals surface area (Å²) in [7, 11) is 0. The summed E-state index contributed by atoms with van der Waals surface area (Å²) in [5, 5.41) is 2.15. The summed E-state index contributed by atoms with van der Waals surface area (Å²) in [5.41, 5.74) is 2.52. The number of carbonyl (C=O) groups is 1. The molecular formula is C19H16Cl2N2O. The van der Waals surface area contributed by atoms with Crippen molar-refractivity contribution in [2.75, 3.05) is 11.4 Å². The van der Waals surface area contributed by atoms with Gasteiger partial charge in [0.25, 0.3) is 0 Å². The highest BCUT2D eigenvalue weighted by Crippen LogP contribution is 2.30. The van der Waals surface area contributed by atoms with Crippen molar-refractivity contribution in [3.8, 4) is 0 Å². The maximum absolute atomic E-state index is 12.2. The topological polar surface area (TPSA) is 33.2 Å². The first kappa shape index (κ1) is 16.7. The highest BCUT2D eigenvalue weighted by molar-refractivity contribution is 6.35. The van der Waals surface area contributed by atoms with E-state index in [9.17, 15) is 4.79 Å². The van der Waals surface area contributed by atoms with Crippen molar-refractivity contribution in [1.29, 1.82) is 0 Å². The molecule has 122 valence electrons. The van der Waals surface area contributed by atoms with Gasteiger partial charge in [0.15, 0.2) is 0 Å². The van der Waals surface area contributed by atoms with Crippen LogP contribution in [0.15, 0.2) is 54.7 Å². The lowest BCUT2D eigenvalue weighted by atomic mass is 10.1. The molecular weight excluding hydrogens is 343 g/mol. The fourth-order valence-corrected chi connectivity index (χ4v) is 3.20. The average molecular weight is 359 g/mol. The molecule has 1 aromatic heterocycles. The Morgan fingerprint density at radius 3 is 2.54 bits per heavy atom. The molecule has 0 saturated heterocycles. The second kappa shape index (κ2) is 7.20. The summed E-state index contributed by atoms with van der Waals surface area (Å²) in [5.74, 6) is -0.0328. The Hall–Kier alpha value is -2.10. The van der Waals surface area contributed by atoms with Crippen LogP contribution in [0.25, 0.3) is 10.9 Å². The molecule has 1 amide bonds. The highest BCUT2D eigenvalue weighted by atomic mass is 35.5. The predicted molar refractivity (Wildman–Crippen MR) is 99.9 cm³/mol. The van der Waals surface area contributed by atoms with Gasteiger partial charge < -0.3 is 4.90 Å². The smallest absolute Gasteiger partial charge is 0.223 e. The van der Waals surface area contributed by atoms with Crippen LogP contribution in [0.4, 0.5) is 5.69 Å². The maximum atomic E-state index is 12.2. The molecule has 3 nitrogen and oxygen atoms in total. The third kappa shape index (κ3) is 3.37. The lowest BCUT2D eigenvalue weighted by Crippen LogP contribution is -2.31. The summed E-state index contributed by atoms with van der Waals surface area (Å²) < 4.78 is 0. The van der Waals surface area contributed by atoms with Gasteiger partial charge in [-0.25, -0.2) is 0 Å². The summed E-state index contributed by atoms with van der Waals surface area (Å²) in [6.45, 7) is 2.09. The monoisotopic (exact) mass is 358 g/mol. The predicted octanol–water partition coefficient (Wildman–Crippen LogP) is 5.14. The number of fused-ring (bicyclic) bond motifs is 1. The van der Waals surface area contributed by atoms with E-state index in [0.29, 0.717) is 28.5 Å². The first-order valence-electron chi connectivity index (χ1n) is 7.62. The van der Waals surface area contributed by atoms with E-state index in [1.165, 1.54) is 0 Å². The molecule has 5 heteroatoms. The van der Waals surface area contributed by atoms with E-state index in [1.54, 1.807) is 24.1 Å². The Kier molecular flexibility index (Phi) is 5.03. The minimum absolute atomic E-state index is 0.0328. The standard InChI is InChI=1S/C19H16Cl2N2O/c1-13(24)23(12-10-14-5-2-3-7-16(14)20)18-9-11-22-19-15(18)6-4-8-17(19)21/h2-9,11H,10,12H2,1H3. The lowest BCUT2D eigenvalue weighted by Gasteiger charge is -2.23. The molecule has 0 N–H and O–H groups in total. The number of para-hydroxylation sites is 1. The van der Waals surface area contributed by atoms with Crippen LogP contribution in [0.5, 0.6) is 0 Å².